The van der Waals surface area contributed by atoms with Gasteiger partial charge in [0.1, 0.15) is 5.82 Å². The number of hydrogen-bond donors (Lipinski definition) is 2. The standard InChI is InChI=1S/C14H21ClFNO/c1-8(2)4-7-11(18)14(17)12-10(16)6-5-9(3)13(12)15/h5-6,8,11,14,18H,4,7,17H2,1-3H3/t11-,14-/m0/s1. The normalized spacial score (nSPS) is 14.9. The van der Waals surface area contributed by atoms with E-state index in [1.165, 1.54) is 6.07 Å². The van der Waals surface area contributed by atoms with Crippen molar-refractivity contribution in [1.29, 1.82) is 0 Å². The van der Waals surface area contributed by atoms with Crippen molar-refractivity contribution in [3.05, 3.63) is 34.1 Å². The van der Waals surface area contributed by atoms with Crippen LogP contribution >= 0.6 is 11.6 Å². The van der Waals surface area contributed by atoms with Crippen molar-refractivity contribution < 1.29 is 9.50 Å². The molecule has 0 aromatic heterocycles. The zero-order valence-corrected chi connectivity index (χ0v) is 11.8. The summed E-state index contributed by atoms with van der Waals surface area (Å²) in [6.07, 6.45) is 0.615. The van der Waals surface area contributed by atoms with E-state index in [4.69, 9.17) is 17.3 Å². The van der Waals surface area contributed by atoms with Gasteiger partial charge < -0.3 is 10.8 Å². The van der Waals surface area contributed by atoms with Crippen LogP contribution in [0.4, 0.5) is 4.39 Å². The third-order valence-corrected chi connectivity index (χ3v) is 3.61. The zero-order chi connectivity index (χ0) is 13.9. The molecule has 0 unspecified atom stereocenters. The van der Waals surface area contributed by atoms with Gasteiger partial charge in [0.15, 0.2) is 0 Å². The van der Waals surface area contributed by atoms with Crippen molar-refractivity contribution in [2.75, 3.05) is 0 Å². The molecule has 3 N–H and O–H groups in total. The fraction of sp³-hybridized carbons (Fsp3) is 0.571. The van der Waals surface area contributed by atoms with E-state index >= 15 is 0 Å². The molecule has 2 atom stereocenters. The van der Waals surface area contributed by atoms with E-state index in [-0.39, 0.29) is 5.56 Å². The molecule has 0 aliphatic heterocycles. The van der Waals surface area contributed by atoms with Gasteiger partial charge in [-0.3, -0.25) is 0 Å². The minimum absolute atomic E-state index is 0.216. The van der Waals surface area contributed by atoms with Crippen LogP contribution in [0.15, 0.2) is 12.1 Å². The quantitative estimate of drug-likeness (QED) is 0.861. The van der Waals surface area contributed by atoms with E-state index in [0.29, 0.717) is 17.4 Å². The summed E-state index contributed by atoms with van der Waals surface area (Å²) in [5.74, 6) is 0.0198. The van der Waals surface area contributed by atoms with Crippen LogP contribution < -0.4 is 5.73 Å². The Hall–Kier alpha value is -0.640. The van der Waals surface area contributed by atoms with Gasteiger partial charge in [0, 0.05) is 5.56 Å². The first-order chi connectivity index (χ1) is 8.34. The molecule has 4 heteroatoms. The van der Waals surface area contributed by atoms with Gasteiger partial charge in [-0.15, -0.1) is 0 Å². The van der Waals surface area contributed by atoms with Crippen molar-refractivity contribution in [3.63, 3.8) is 0 Å². The smallest absolute Gasteiger partial charge is 0.129 e. The van der Waals surface area contributed by atoms with Crippen LogP contribution in [0.3, 0.4) is 0 Å². The number of benzene rings is 1. The summed E-state index contributed by atoms with van der Waals surface area (Å²) >= 11 is 6.07. The summed E-state index contributed by atoms with van der Waals surface area (Å²) in [5, 5.41) is 10.3. The lowest BCUT2D eigenvalue weighted by Crippen LogP contribution is -2.28. The molecular formula is C14H21ClFNO. The Labute approximate surface area is 113 Å². The van der Waals surface area contributed by atoms with Gasteiger partial charge in [-0.2, -0.15) is 0 Å². The highest BCUT2D eigenvalue weighted by molar-refractivity contribution is 6.32. The summed E-state index contributed by atoms with van der Waals surface area (Å²) in [6.45, 7) is 5.93. The Balaban J connectivity index is 2.89. The van der Waals surface area contributed by atoms with E-state index in [9.17, 15) is 9.50 Å². The Morgan fingerprint density at radius 3 is 2.50 bits per heavy atom. The second-order valence-corrected chi connectivity index (χ2v) is 5.53. The van der Waals surface area contributed by atoms with Gasteiger partial charge in [0.25, 0.3) is 0 Å². The van der Waals surface area contributed by atoms with E-state index in [1.807, 2.05) is 0 Å². The maximum Gasteiger partial charge on any atom is 0.129 e. The third-order valence-electron chi connectivity index (χ3n) is 3.11. The van der Waals surface area contributed by atoms with Gasteiger partial charge in [0.2, 0.25) is 0 Å². The Morgan fingerprint density at radius 1 is 1.33 bits per heavy atom. The fourth-order valence-corrected chi connectivity index (χ4v) is 2.14. The number of aliphatic hydroxyl groups excluding tert-OH is 1. The number of aryl methyl sites for hydroxylation is 1. The van der Waals surface area contributed by atoms with Crippen molar-refractivity contribution in [2.45, 2.75) is 45.8 Å². The third kappa shape index (κ3) is 3.67. The Bertz CT molecular complexity index is 409. The maximum absolute atomic E-state index is 13.8. The highest BCUT2D eigenvalue weighted by Crippen LogP contribution is 2.30. The van der Waals surface area contributed by atoms with E-state index in [1.54, 1.807) is 13.0 Å². The molecule has 2 nitrogen and oxygen atoms in total. The monoisotopic (exact) mass is 273 g/mol. The molecule has 0 aliphatic rings. The molecule has 0 saturated carbocycles. The fourth-order valence-electron chi connectivity index (χ4n) is 1.86. The first-order valence-electron chi connectivity index (χ1n) is 6.22. The Kier molecular flexibility index (Phi) is 5.57. The summed E-state index contributed by atoms with van der Waals surface area (Å²) in [6, 6.07) is 2.16. The molecule has 0 saturated heterocycles. The van der Waals surface area contributed by atoms with Gasteiger partial charge in [-0.1, -0.05) is 31.5 Å². The second kappa shape index (κ2) is 6.50. The van der Waals surface area contributed by atoms with Gasteiger partial charge >= 0.3 is 0 Å². The van der Waals surface area contributed by atoms with Crippen molar-refractivity contribution in [2.24, 2.45) is 11.7 Å². The molecule has 0 amide bonds. The molecule has 0 bridgehead atoms. The Morgan fingerprint density at radius 2 is 1.94 bits per heavy atom. The lowest BCUT2D eigenvalue weighted by molar-refractivity contribution is 0.127. The SMILES string of the molecule is Cc1ccc(F)c([C@@H](N)[C@@H](O)CCC(C)C)c1Cl. The van der Waals surface area contributed by atoms with Crippen LogP contribution in [0.1, 0.15) is 43.9 Å². The molecule has 0 spiro atoms. The summed E-state index contributed by atoms with van der Waals surface area (Å²) < 4.78 is 13.8. The number of rotatable bonds is 5. The average molecular weight is 274 g/mol. The largest absolute Gasteiger partial charge is 0.391 e. The van der Waals surface area contributed by atoms with Crippen molar-refractivity contribution >= 4 is 11.6 Å². The first-order valence-corrected chi connectivity index (χ1v) is 6.60. The number of hydrogen-bond acceptors (Lipinski definition) is 2. The topological polar surface area (TPSA) is 46.2 Å². The highest BCUT2D eigenvalue weighted by Gasteiger charge is 2.23. The minimum Gasteiger partial charge on any atom is -0.391 e. The maximum atomic E-state index is 13.8. The van der Waals surface area contributed by atoms with Gasteiger partial charge in [-0.25, -0.2) is 4.39 Å². The molecule has 1 aromatic carbocycles. The molecule has 1 rings (SSSR count). The lowest BCUT2D eigenvalue weighted by Gasteiger charge is -2.22. The molecule has 0 radical (unpaired) electrons. The summed E-state index contributed by atoms with van der Waals surface area (Å²) in [4.78, 5) is 0. The molecule has 1 aromatic rings. The molecular weight excluding hydrogens is 253 g/mol. The van der Waals surface area contributed by atoms with Crippen LogP contribution in [-0.2, 0) is 0 Å². The summed E-state index contributed by atoms with van der Waals surface area (Å²) in [7, 11) is 0. The molecule has 18 heavy (non-hydrogen) atoms. The van der Waals surface area contributed by atoms with E-state index < -0.39 is 18.0 Å². The van der Waals surface area contributed by atoms with Gasteiger partial charge in [0.05, 0.1) is 17.2 Å². The predicted octanol–water partition coefficient (Wildman–Crippen LogP) is 3.58. The van der Waals surface area contributed by atoms with Gasteiger partial charge in [-0.05, 0) is 37.3 Å². The highest BCUT2D eigenvalue weighted by atomic mass is 35.5. The lowest BCUT2D eigenvalue weighted by atomic mass is 9.94. The average Bonchev–Trinajstić information content (AvgIpc) is 2.31. The molecule has 0 aliphatic carbocycles. The summed E-state index contributed by atoms with van der Waals surface area (Å²) in [5.41, 5.74) is 6.90. The number of nitrogens with two attached hydrogens (primary N) is 1. The van der Waals surface area contributed by atoms with Crippen molar-refractivity contribution in [1.82, 2.24) is 0 Å². The van der Waals surface area contributed by atoms with Crippen LogP contribution in [0.5, 0.6) is 0 Å². The molecule has 102 valence electrons. The van der Waals surface area contributed by atoms with Crippen LogP contribution in [-0.4, -0.2) is 11.2 Å². The molecule has 0 fully saturated rings. The molecule has 0 heterocycles. The van der Waals surface area contributed by atoms with Crippen LogP contribution in [0, 0.1) is 18.7 Å². The predicted molar refractivity (Wildman–Crippen MR) is 73.2 cm³/mol. The zero-order valence-electron chi connectivity index (χ0n) is 11.1. The minimum atomic E-state index is -0.781. The van der Waals surface area contributed by atoms with E-state index in [2.05, 4.69) is 13.8 Å². The number of aliphatic hydroxyl groups is 1. The number of halogens is 2. The van der Waals surface area contributed by atoms with E-state index in [0.717, 1.165) is 12.0 Å². The van der Waals surface area contributed by atoms with Crippen molar-refractivity contribution in [3.8, 4) is 0 Å². The van der Waals surface area contributed by atoms with Crippen LogP contribution in [0.25, 0.3) is 0 Å². The second-order valence-electron chi connectivity index (χ2n) is 5.16. The first kappa shape index (κ1) is 15.4. The van der Waals surface area contributed by atoms with Crippen LogP contribution in [0.2, 0.25) is 5.02 Å².